The standard InChI is InChI=1S/C20H25ClN2O2.2ClH/c21-19-6-7-20(25-16-17-4-2-1-3-5-17)18(14-19)15-22-8-9-23-10-12-24-13-11-23;;/h1-7,14,22H,8-13,15-16H2;2*1H. The van der Waals surface area contributed by atoms with Crippen molar-refractivity contribution < 1.29 is 9.47 Å². The SMILES string of the molecule is Cl.Cl.Clc1ccc(OCc2ccccc2)c(CNCCN2CCOCC2)c1. The molecule has 0 atom stereocenters. The van der Waals surface area contributed by atoms with Gasteiger partial charge in [0.2, 0.25) is 0 Å². The summed E-state index contributed by atoms with van der Waals surface area (Å²) in [6.07, 6.45) is 0. The minimum Gasteiger partial charge on any atom is -0.489 e. The van der Waals surface area contributed by atoms with Gasteiger partial charge in [-0.2, -0.15) is 0 Å². The molecule has 2 aromatic rings. The molecule has 1 aliphatic rings. The van der Waals surface area contributed by atoms with Gasteiger partial charge in [-0.05, 0) is 23.8 Å². The molecule has 0 saturated carbocycles. The Balaban J connectivity index is 0.00000182. The molecule has 3 rings (SSSR count). The van der Waals surface area contributed by atoms with E-state index in [-0.39, 0.29) is 24.8 Å². The highest BCUT2D eigenvalue weighted by Gasteiger charge is 2.10. The van der Waals surface area contributed by atoms with Crippen molar-refractivity contribution in [2.24, 2.45) is 0 Å². The van der Waals surface area contributed by atoms with Crippen molar-refractivity contribution in [3.8, 4) is 5.75 Å². The van der Waals surface area contributed by atoms with E-state index in [0.29, 0.717) is 6.61 Å². The van der Waals surface area contributed by atoms with E-state index in [0.717, 1.165) is 67.8 Å². The van der Waals surface area contributed by atoms with Crippen LogP contribution >= 0.6 is 36.4 Å². The van der Waals surface area contributed by atoms with Crippen LogP contribution in [0.2, 0.25) is 5.02 Å². The topological polar surface area (TPSA) is 33.7 Å². The molecule has 1 aliphatic heterocycles. The smallest absolute Gasteiger partial charge is 0.124 e. The van der Waals surface area contributed by atoms with Gasteiger partial charge in [-0.1, -0.05) is 41.9 Å². The predicted molar refractivity (Wildman–Crippen MR) is 116 cm³/mol. The van der Waals surface area contributed by atoms with E-state index in [1.165, 1.54) is 0 Å². The highest BCUT2D eigenvalue weighted by atomic mass is 35.5. The molecule has 1 heterocycles. The van der Waals surface area contributed by atoms with Crippen LogP contribution in [0.3, 0.4) is 0 Å². The Labute approximate surface area is 179 Å². The lowest BCUT2D eigenvalue weighted by molar-refractivity contribution is 0.0384. The van der Waals surface area contributed by atoms with Crippen LogP contribution in [0.15, 0.2) is 48.5 Å². The molecular formula is C20H27Cl3N2O2. The van der Waals surface area contributed by atoms with Crippen molar-refractivity contribution in [1.82, 2.24) is 10.2 Å². The fourth-order valence-corrected chi connectivity index (χ4v) is 3.04. The van der Waals surface area contributed by atoms with E-state index in [9.17, 15) is 0 Å². The molecule has 150 valence electrons. The molecule has 27 heavy (non-hydrogen) atoms. The maximum Gasteiger partial charge on any atom is 0.124 e. The Kier molecular flexibility index (Phi) is 11.8. The third-order valence-electron chi connectivity index (χ3n) is 4.28. The highest BCUT2D eigenvalue weighted by molar-refractivity contribution is 6.30. The van der Waals surface area contributed by atoms with Crippen LogP contribution in [-0.4, -0.2) is 44.3 Å². The van der Waals surface area contributed by atoms with Gasteiger partial charge in [0.15, 0.2) is 0 Å². The summed E-state index contributed by atoms with van der Waals surface area (Å²) in [5.41, 5.74) is 2.24. The van der Waals surface area contributed by atoms with Gasteiger partial charge in [0, 0.05) is 43.3 Å². The van der Waals surface area contributed by atoms with Crippen molar-refractivity contribution in [2.75, 3.05) is 39.4 Å². The predicted octanol–water partition coefficient (Wildman–Crippen LogP) is 4.18. The van der Waals surface area contributed by atoms with Crippen molar-refractivity contribution in [3.05, 3.63) is 64.7 Å². The molecule has 0 unspecified atom stereocenters. The molecule has 0 bridgehead atoms. The average Bonchev–Trinajstić information content (AvgIpc) is 2.66. The fourth-order valence-electron chi connectivity index (χ4n) is 2.85. The Morgan fingerprint density at radius 3 is 2.52 bits per heavy atom. The molecule has 0 amide bonds. The first-order chi connectivity index (χ1) is 12.3. The summed E-state index contributed by atoms with van der Waals surface area (Å²) in [4.78, 5) is 2.42. The number of morpholine rings is 1. The Hall–Kier alpha value is -1.01. The summed E-state index contributed by atoms with van der Waals surface area (Å²) in [7, 11) is 0. The van der Waals surface area contributed by atoms with E-state index in [1.54, 1.807) is 0 Å². The number of benzene rings is 2. The van der Waals surface area contributed by atoms with Gasteiger partial charge in [-0.15, -0.1) is 24.8 Å². The van der Waals surface area contributed by atoms with Crippen molar-refractivity contribution in [2.45, 2.75) is 13.2 Å². The molecule has 7 heteroatoms. The number of ether oxygens (including phenoxy) is 2. The highest BCUT2D eigenvalue weighted by Crippen LogP contribution is 2.23. The first kappa shape index (κ1) is 24.0. The zero-order valence-electron chi connectivity index (χ0n) is 15.2. The molecule has 0 aromatic heterocycles. The quantitative estimate of drug-likeness (QED) is 0.633. The van der Waals surface area contributed by atoms with Gasteiger partial charge in [0.1, 0.15) is 12.4 Å². The zero-order chi connectivity index (χ0) is 17.3. The largest absolute Gasteiger partial charge is 0.489 e. The van der Waals surface area contributed by atoms with Crippen LogP contribution in [-0.2, 0) is 17.9 Å². The van der Waals surface area contributed by atoms with Crippen LogP contribution in [0.5, 0.6) is 5.75 Å². The third kappa shape index (κ3) is 8.26. The summed E-state index contributed by atoms with van der Waals surface area (Å²) in [5.74, 6) is 0.882. The number of rotatable bonds is 8. The molecule has 0 radical (unpaired) electrons. The molecular weight excluding hydrogens is 407 g/mol. The van der Waals surface area contributed by atoms with Crippen LogP contribution in [0.1, 0.15) is 11.1 Å². The number of nitrogens with zero attached hydrogens (tertiary/aromatic N) is 1. The fraction of sp³-hybridized carbons (Fsp3) is 0.400. The molecule has 0 spiro atoms. The van der Waals surface area contributed by atoms with Crippen LogP contribution in [0.4, 0.5) is 0 Å². The van der Waals surface area contributed by atoms with E-state index in [4.69, 9.17) is 21.1 Å². The lowest BCUT2D eigenvalue weighted by atomic mass is 10.2. The van der Waals surface area contributed by atoms with Gasteiger partial charge < -0.3 is 14.8 Å². The number of halogens is 3. The van der Waals surface area contributed by atoms with Gasteiger partial charge in [0.05, 0.1) is 13.2 Å². The molecule has 4 nitrogen and oxygen atoms in total. The zero-order valence-corrected chi connectivity index (χ0v) is 17.6. The molecule has 1 fully saturated rings. The average molecular weight is 434 g/mol. The molecule has 0 aliphatic carbocycles. The normalized spacial score (nSPS) is 14.1. The second-order valence-electron chi connectivity index (χ2n) is 6.16. The number of nitrogens with one attached hydrogen (secondary N) is 1. The van der Waals surface area contributed by atoms with Gasteiger partial charge in [0.25, 0.3) is 0 Å². The lowest BCUT2D eigenvalue weighted by Crippen LogP contribution is -2.40. The summed E-state index contributed by atoms with van der Waals surface area (Å²) in [6, 6.07) is 16.0. The third-order valence-corrected chi connectivity index (χ3v) is 4.52. The molecule has 1 saturated heterocycles. The monoisotopic (exact) mass is 432 g/mol. The van der Waals surface area contributed by atoms with Gasteiger partial charge in [-0.3, -0.25) is 4.90 Å². The number of hydrogen-bond acceptors (Lipinski definition) is 4. The minimum atomic E-state index is 0. The van der Waals surface area contributed by atoms with E-state index >= 15 is 0 Å². The van der Waals surface area contributed by atoms with Crippen molar-refractivity contribution in [3.63, 3.8) is 0 Å². The molecule has 1 N–H and O–H groups in total. The first-order valence-corrected chi connectivity index (χ1v) is 9.15. The van der Waals surface area contributed by atoms with E-state index in [1.807, 2.05) is 36.4 Å². The van der Waals surface area contributed by atoms with Gasteiger partial charge >= 0.3 is 0 Å². The second-order valence-corrected chi connectivity index (χ2v) is 6.59. The van der Waals surface area contributed by atoms with Crippen LogP contribution in [0.25, 0.3) is 0 Å². The summed E-state index contributed by atoms with van der Waals surface area (Å²) in [6.45, 7) is 6.99. The van der Waals surface area contributed by atoms with Crippen molar-refractivity contribution >= 4 is 36.4 Å². The minimum absolute atomic E-state index is 0. The first-order valence-electron chi connectivity index (χ1n) is 8.77. The number of hydrogen-bond donors (Lipinski definition) is 1. The summed E-state index contributed by atoms with van der Waals surface area (Å²) >= 11 is 6.16. The molecule has 2 aromatic carbocycles. The Morgan fingerprint density at radius 1 is 1.04 bits per heavy atom. The Morgan fingerprint density at radius 2 is 1.78 bits per heavy atom. The van der Waals surface area contributed by atoms with E-state index in [2.05, 4.69) is 22.3 Å². The summed E-state index contributed by atoms with van der Waals surface area (Å²) in [5, 5.41) is 4.23. The van der Waals surface area contributed by atoms with Crippen molar-refractivity contribution in [1.29, 1.82) is 0 Å². The Bertz CT molecular complexity index is 653. The maximum absolute atomic E-state index is 6.16. The van der Waals surface area contributed by atoms with Gasteiger partial charge in [-0.25, -0.2) is 0 Å². The second kappa shape index (κ2) is 13.2. The summed E-state index contributed by atoms with van der Waals surface area (Å²) < 4.78 is 11.4. The van der Waals surface area contributed by atoms with Crippen LogP contribution in [0, 0.1) is 0 Å². The van der Waals surface area contributed by atoms with E-state index < -0.39 is 0 Å². The van der Waals surface area contributed by atoms with Crippen LogP contribution < -0.4 is 10.1 Å². The maximum atomic E-state index is 6.16. The lowest BCUT2D eigenvalue weighted by Gasteiger charge is -2.26.